The molecule has 1 aromatic rings. The molecule has 0 saturated carbocycles. The zero-order valence-corrected chi connectivity index (χ0v) is 12.0. The Morgan fingerprint density at radius 2 is 1.89 bits per heavy atom. The van der Waals surface area contributed by atoms with Gasteiger partial charge in [-0.2, -0.15) is 0 Å². The molecule has 1 aromatic heterocycles. The largest absolute Gasteiger partial charge is 0.478 e. The molecule has 0 fully saturated rings. The molecule has 0 radical (unpaired) electrons. The van der Waals surface area contributed by atoms with E-state index in [1.165, 1.54) is 6.33 Å². The molecule has 0 aliphatic carbocycles. The highest BCUT2D eigenvalue weighted by Crippen LogP contribution is 2.28. The van der Waals surface area contributed by atoms with Gasteiger partial charge in [-0.1, -0.05) is 0 Å². The van der Waals surface area contributed by atoms with Gasteiger partial charge in [0.2, 0.25) is 5.88 Å². The normalized spacial score (nSPS) is 12.4. The van der Waals surface area contributed by atoms with Crippen molar-refractivity contribution in [2.24, 2.45) is 0 Å². The van der Waals surface area contributed by atoms with E-state index < -0.39 is 11.1 Å². The van der Waals surface area contributed by atoms with Crippen LogP contribution in [-0.4, -0.2) is 32.8 Å². The lowest BCUT2D eigenvalue weighted by atomic mass is 9.86. The van der Waals surface area contributed by atoms with Crippen molar-refractivity contribution in [1.82, 2.24) is 9.97 Å². The van der Waals surface area contributed by atoms with Gasteiger partial charge < -0.3 is 15.2 Å². The van der Waals surface area contributed by atoms with Crippen LogP contribution in [0.15, 0.2) is 6.33 Å². The topological polar surface area (TPSA) is 67.3 Å². The summed E-state index contributed by atoms with van der Waals surface area (Å²) in [5, 5.41) is 13.4. The fourth-order valence-corrected chi connectivity index (χ4v) is 1.29. The van der Waals surface area contributed by atoms with Crippen LogP contribution < -0.4 is 10.1 Å². The van der Waals surface area contributed by atoms with Crippen molar-refractivity contribution >= 4 is 5.82 Å². The van der Waals surface area contributed by atoms with Gasteiger partial charge in [0.25, 0.3) is 0 Å². The summed E-state index contributed by atoms with van der Waals surface area (Å²) in [4.78, 5) is 8.29. The second-order valence-electron chi connectivity index (χ2n) is 5.39. The number of aliphatic hydroxyl groups is 1. The molecule has 5 heteroatoms. The minimum Gasteiger partial charge on any atom is -0.478 e. The summed E-state index contributed by atoms with van der Waals surface area (Å²) in [7, 11) is 0. The second kappa shape index (κ2) is 5.10. The van der Waals surface area contributed by atoms with E-state index in [4.69, 9.17) is 4.74 Å². The highest BCUT2D eigenvalue weighted by molar-refractivity contribution is 5.49. The summed E-state index contributed by atoms with van der Waals surface area (Å²) >= 11 is 0. The molecule has 0 saturated heterocycles. The molecule has 1 rings (SSSR count). The van der Waals surface area contributed by atoms with Crippen LogP contribution in [0.1, 0.15) is 40.2 Å². The maximum absolute atomic E-state index is 10.1. The average molecular weight is 253 g/mol. The Morgan fingerprint density at radius 3 is 2.39 bits per heavy atom. The Balaban J connectivity index is 3.02. The van der Waals surface area contributed by atoms with Crippen LogP contribution in [-0.2, 0) is 0 Å². The smallest absolute Gasteiger partial charge is 0.221 e. The van der Waals surface area contributed by atoms with Crippen LogP contribution in [0.2, 0.25) is 0 Å². The number of aromatic nitrogens is 2. The van der Waals surface area contributed by atoms with Crippen molar-refractivity contribution in [2.45, 2.75) is 52.7 Å². The molecule has 0 aliphatic heterocycles. The molecule has 1 heterocycles. The van der Waals surface area contributed by atoms with Crippen molar-refractivity contribution in [2.75, 3.05) is 11.9 Å². The summed E-state index contributed by atoms with van der Waals surface area (Å²) in [6.07, 6.45) is 1.46. The average Bonchev–Trinajstić information content (AvgIpc) is 2.22. The summed E-state index contributed by atoms with van der Waals surface area (Å²) in [5.74, 6) is 1.25. The van der Waals surface area contributed by atoms with E-state index in [0.29, 0.717) is 18.3 Å². The Hall–Kier alpha value is -1.36. The van der Waals surface area contributed by atoms with Gasteiger partial charge in [0.05, 0.1) is 23.3 Å². The summed E-state index contributed by atoms with van der Waals surface area (Å²) in [6.45, 7) is 11.7. The van der Waals surface area contributed by atoms with Crippen LogP contribution >= 0.6 is 0 Å². The minimum atomic E-state index is -0.879. The maximum atomic E-state index is 10.1. The first-order chi connectivity index (χ1) is 8.19. The van der Waals surface area contributed by atoms with Crippen molar-refractivity contribution in [1.29, 1.82) is 0 Å². The zero-order valence-electron chi connectivity index (χ0n) is 12.0. The summed E-state index contributed by atoms with van der Waals surface area (Å²) in [6, 6.07) is 0. The lowest BCUT2D eigenvalue weighted by Gasteiger charge is -2.38. The van der Waals surface area contributed by atoms with Crippen LogP contribution in [0.4, 0.5) is 5.82 Å². The number of rotatable bonds is 5. The molecule has 0 aliphatic rings. The molecule has 0 unspecified atom stereocenters. The zero-order chi connectivity index (χ0) is 14.0. The lowest BCUT2D eigenvalue weighted by Crippen LogP contribution is -2.51. The van der Waals surface area contributed by atoms with Crippen molar-refractivity contribution in [3.05, 3.63) is 11.9 Å². The van der Waals surface area contributed by atoms with E-state index in [2.05, 4.69) is 15.3 Å². The lowest BCUT2D eigenvalue weighted by molar-refractivity contribution is 0.0238. The van der Waals surface area contributed by atoms with Gasteiger partial charge in [0.1, 0.15) is 12.1 Å². The SMILES string of the molecule is CCOc1ncnc(NC(C)(C)C(C)(C)O)c1C. The van der Waals surface area contributed by atoms with Gasteiger partial charge in [-0.15, -0.1) is 0 Å². The maximum Gasteiger partial charge on any atom is 0.221 e. The fourth-order valence-electron chi connectivity index (χ4n) is 1.29. The highest BCUT2D eigenvalue weighted by Gasteiger charge is 2.35. The Morgan fingerprint density at radius 1 is 1.28 bits per heavy atom. The van der Waals surface area contributed by atoms with Crippen LogP contribution in [0.5, 0.6) is 5.88 Å². The van der Waals surface area contributed by atoms with E-state index in [-0.39, 0.29) is 0 Å². The molecule has 2 N–H and O–H groups in total. The van der Waals surface area contributed by atoms with E-state index in [9.17, 15) is 5.11 Å². The van der Waals surface area contributed by atoms with Crippen molar-refractivity contribution < 1.29 is 9.84 Å². The quantitative estimate of drug-likeness (QED) is 0.841. The predicted octanol–water partition coefficient (Wildman–Crippen LogP) is 2.15. The van der Waals surface area contributed by atoms with Gasteiger partial charge in [-0.3, -0.25) is 0 Å². The fraction of sp³-hybridized carbons (Fsp3) is 0.692. The molecule has 0 amide bonds. The number of nitrogens with one attached hydrogen (secondary N) is 1. The molecule has 0 bridgehead atoms. The summed E-state index contributed by atoms with van der Waals surface area (Å²) < 4.78 is 5.42. The molecule has 102 valence electrons. The van der Waals surface area contributed by atoms with Crippen molar-refractivity contribution in [3.63, 3.8) is 0 Å². The van der Waals surface area contributed by atoms with Gasteiger partial charge in [-0.25, -0.2) is 9.97 Å². The Bertz CT molecular complexity index is 411. The number of anilines is 1. The van der Waals surface area contributed by atoms with Crippen molar-refractivity contribution in [3.8, 4) is 5.88 Å². The standard InChI is InChI=1S/C13H23N3O2/c1-7-18-11-9(2)10(14-8-15-11)16-12(3,4)13(5,6)17/h8,17H,7H2,1-6H3,(H,14,15,16). The summed E-state index contributed by atoms with van der Waals surface area (Å²) in [5.41, 5.74) is -0.553. The third-order valence-corrected chi connectivity index (χ3v) is 3.28. The van der Waals surface area contributed by atoms with E-state index in [1.807, 2.05) is 27.7 Å². The number of hydrogen-bond donors (Lipinski definition) is 2. The van der Waals surface area contributed by atoms with Crippen LogP contribution in [0.3, 0.4) is 0 Å². The van der Waals surface area contributed by atoms with E-state index in [0.717, 1.165) is 5.56 Å². The molecule has 0 aromatic carbocycles. The van der Waals surface area contributed by atoms with Crippen LogP contribution in [0.25, 0.3) is 0 Å². The first-order valence-corrected chi connectivity index (χ1v) is 6.14. The molecule has 0 spiro atoms. The number of nitrogens with zero attached hydrogens (tertiary/aromatic N) is 2. The van der Waals surface area contributed by atoms with E-state index in [1.54, 1.807) is 13.8 Å². The third-order valence-electron chi connectivity index (χ3n) is 3.28. The Labute approximate surface area is 109 Å². The monoisotopic (exact) mass is 253 g/mol. The van der Waals surface area contributed by atoms with E-state index >= 15 is 0 Å². The minimum absolute atomic E-state index is 0.518. The third kappa shape index (κ3) is 3.10. The van der Waals surface area contributed by atoms with Gasteiger partial charge in [-0.05, 0) is 41.5 Å². The highest BCUT2D eigenvalue weighted by atomic mass is 16.5. The Kier molecular flexibility index (Phi) is 4.16. The number of ether oxygens (including phenoxy) is 1. The van der Waals surface area contributed by atoms with Crippen LogP contribution in [0, 0.1) is 6.92 Å². The first-order valence-electron chi connectivity index (χ1n) is 6.14. The predicted molar refractivity (Wildman–Crippen MR) is 71.9 cm³/mol. The second-order valence-corrected chi connectivity index (χ2v) is 5.39. The molecule has 18 heavy (non-hydrogen) atoms. The molecule has 0 atom stereocenters. The van der Waals surface area contributed by atoms with Gasteiger partial charge in [0, 0.05) is 0 Å². The first kappa shape index (κ1) is 14.7. The molecular weight excluding hydrogens is 230 g/mol. The molecule has 5 nitrogen and oxygen atoms in total. The number of hydrogen-bond acceptors (Lipinski definition) is 5. The van der Waals surface area contributed by atoms with Gasteiger partial charge in [0.15, 0.2) is 0 Å². The molecular formula is C13H23N3O2. The van der Waals surface area contributed by atoms with Gasteiger partial charge >= 0.3 is 0 Å².